The number of aliphatic hydroxyl groups is 1. The first-order valence-corrected chi connectivity index (χ1v) is 16.2. The lowest BCUT2D eigenvalue weighted by Gasteiger charge is -2.34. The van der Waals surface area contributed by atoms with Crippen LogP contribution in [0.4, 0.5) is 23.1 Å². The Bertz CT molecular complexity index is 1560. The zero-order chi connectivity index (χ0) is 33.1. The summed E-state index contributed by atoms with van der Waals surface area (Å²) >= 11 is 0. The molecule has 13 nitrogen and oxygen atoms in total. The predicted molar refractivity (Wildman–Crippen MR) is 184 cm³/mol. The van der Waals surface area contributed by atoms with E-state index < -0.39 is 6.10 Å². The molecule has 0 radical (unpaired) electrons. The number of anilines is 4. The average Bonchev–Trinajstić information content (AvgIpc) is 3.88. The molecule has 0 spiro atoms. The Balaban J connectivity index is 0.000000627. The Labute approximate surface area is 271 Å². The van der Waals surface area contributed by atoms with Gasteiger partial charge in [0.15, 0.2) is 5.82 Å². The number of carbonyl (C=O) groups is 1. The molecule has 3 aliphatic rings. The minimum atomic E-state index is -0.588. The number of aromatic nitrogens is 5. The summed E-state index contributed by atoms with van der Waals surface area (Å²) in [5.41, 5.74) is 20.2. The molecule has 13 heteroatoms. The number of hydrogen-bond donors (Lipinski definition) is 6. The van der Waals surface area contributed by atoms with Crippen LogP contribution in [-0.2, 0) is 17.8 Å². The second-order valence-electron chi connectivity index (χ2n) is 11.4. The summed E-state index contributed by atoms with van der Waals surface area (Å²) in [6, 6.07) is 13.6. The third kappa shape index (κ3) is 8.47. The summed E-state index contributed by atoms with van der Waals surface area (Å²) in [5, 5.41) is 26.3. The number of primary amides is 1. The van der Waals surface area contributed by atoms with Crippen molar-refractivity contribution in [3.63, 3.8) is 0 Å². The summed E-state index contributed by atoms with van der Waals surface area (Å²) in [6.45, 7) is 4.16. The van der Waals surface area contributed by atoms with E-state index in [9.17, 15) is 9.90 Å². The van der Waals surface area contributed by atoms with Crippen LogP contribution >= 0.6 is 0 Å². The fourth-order valence-electron chi connectivity index (χ4n) is 5.65. The van der Waals surface area contributed by atoms with Gasteiger partial charge in [-0.05, 0) is 62.7 Å². The van der Waals surface area contributed by atoms with Gasteiger partial charge < -0.3 is 37.8 Å². The quantitative estimate of drug-likeness (QED) is 0.166. The van der Waals surface area contributed by atoms with Gasteiger partial charge in [0.2, 0.25) is 11.9 Å². The van der Waals surface area contributed by atoms with Gasteiger partial charge in [-0.25, -0.2) is 9.67 Å². The van der Waals surface area contributed by atoms with Gasteiger partial charge in [-0.3, -0.25) is 4.79 Å². The van der Waals surface area contributed by atoms with E-state index in [1.165, 1.54) is 33.4 Å². The SMILES string of the molecule is C1CC1.CCCn1nnc2ccc(Nc3ncc(N4CCCC(C(N)=O)C4)c(NC4c5ccccc5CC4O)n3)cc21.CN.CN. The molecule has 4 aromatic rings. The Morgan fingerprint density at radius 2 is 1.83 bits per heavy atom. The molecule has 1 amide bonds. The lowest BCUT2D eigenvalue weighted by atomic mass is 9.97. The third-order valence-electron chi connectivity index (χ3n) is 7.99. The maximum atomic E-state index is 12.0. The summed E-state index contributed by atoms with van der Waals surface area (Å²) in [7, 11) is 3.00. The van der Waals surface area contributed by atoms with Gasteiger partial charge in [0, 0.05) is 31.7 Å². The monoisotopic (exact) mass is 631 g/mol. The molecule has 7 rings (SSSR count). The zero-order valence-electron chi connectivity index (χ0n) is 27.2. The summed E-state index contributed by atoms with van der Waals surface area (Å²) in [4.78, 5) is 23.6. The maximum absolute atomic E-state index is 12.0. The number of nitrogens with two attached hydrogens (primary N) is 3. The van der Waals surface area contributed by atoms with Crippen LogP contribution in [0.25, 0.3) is 11.0 Å². The minimum absolute atomic E-state index is 0.226. The highest BCUT2D eigenvalue weighted by Gasteiger charge is 2.33. The van der Waals surface area contributed by atoms with Gasteiger partial charge >= 0.3 is 0 Å². The Morgan fingerprint density at radius 3 is 2.54 bits per heavy atom. The maximum Gasteiger partial charge on any atom is 0.229 e. The van der Waals surface area contributed by atoms with E-state index in [-0.39, 0.29) is 17.9 Å². The van der Waals surface area contributed by atoms with Crippen molar-refractivity contribution in [2.75, 3.05) is 42.7 Å². The fourth-order valence-corrected chi connectivity index (χ4v) is 5.65. The molecule has 2 aromatic heterocycles. The molecule has 248 valence electrons. The molecule has 1 saturated carbocycles. The molecule has 3 unspecified atom stereocenters. The number of aryl methyl sites for hydroxylation is 1. The molecule has 3 atom stereocenters. The minimum Gasteiger partial charge on any atom is -0.390 e. The number of hydrogen-bond acceptors (Lipinski definition) is 11. The number of amides is 1. The molecular formula is C33H49N11O2. The van der Waals surface area contributed by atoms with Crippen molar-refractivity contribution in [3.8, 4) is 0 Å². The average molecular weight is 632 g/mol. The second-order valence-corrected chi connectivity index (χ2v) is 11.4. The molecule has 0 bridgehead atoms. The molecular weight excluding hydrogens is 582 g/mol. The van der Waals surface area contributed by atoms with E-state index in [1.54, 1.807) is 6.20 Å². The van der Waals surface area contributed by atoms with Crippen molar-refractivity contribution in [2.45, 2.75) is 70.6 Å². The second kappa shape index (κ2) is 16.8. The number of nitrogens with one attached hydrogen (secondary N) is 2. The van der Waals surface area contributed by atoms with Gasteiger partial charge in [-0.15, -0.1) is 5.10 Å². The van der Waals surface area contributed by atoms with E-state index in [0.29, 0.717) is 24.7 Å². The molecule has 1 aliphatic heterocycles. The normalized spacial score (nSPS) is 19.3. The lowest BCUT2D eigenvalue weighted by molar-refractivity contribution is -0.122. The Morgan fingerprint density at radius 1 is 1.07 bits per heavy atom. The van der Waals surface area contributed by atoms with E-state index in [2.05, 4.69) is 49.2 Å². The van der Waals surface area contributed by atoms with Crippen LogP contribution in [0.15, 0.2) is 48.7 Å². The van der Waals surface area contributed by atoms with Crippen molar-refractivity contribution in [1.29, 1.82) is 0 Å². The molecule has 3 heterocycles. The van der Waals surface area contributed by atoms with Crippen molar-refractivity contribution in [1.82, 2.24) is 25.0 Å². The van der Waals surface area contributed by atoms with Crippen LogP contribution in [0.1, 0.15) is 62.6 Å². The predicted octanol–water partition coefficient (Wildman–Crippen LogP) is 3.47. The van der Waals surface area contributed by atoms with E-state index in [1.807, 2.05) is 47.1 Å². The third-order valence-corrected chi connectivity index (χ3v) is 7.99. The fraction of sp³-hybridized carbons (Fsp3) is 0.485. The van der Waals surface area contributed by atoms with Gasteiger partial charge in [0.1, 0.15) is 5.52 Å². The van der Waals surface area contributed by atoms with Crippen molar-refractivity contribution in [2.24, 2.45) is 23.1 Å². The number of piperidine rings is 1. The van der Waals surface area contributed by atoms with Crippen molar-refractivity contribution >= 4 is 40.1 Å². The first-order valence-electron chi connectivity index (χ1n) is 16.2. The first kappa shape index (κ1) is 34.5. The number of nitrogens with zero attached hydrogens (tertiary/aromatic N) is 6. The Kier molecular flexibility index (Phi) is 12.6. The smallest absolute Gasteiger partial charge is 0.229 e. The summed E-state index contributed by atoms with van der Waals surface area (Å²) < 4.78 is 1.89. The van der Waals surface area contributed by atoms with E-state index in [0.717, 1.165) is 65.9 Å². The zero-order valence-corrected chi connectivity index (χ0v) is 27.2. The number of benzene rings is 2. The van der Waals surface area contributed by atoms with Crippen molar-refractivity contribution in [3.05, 3.63) is 59.8 Å². The number of fused-ring (bicyclic) bond motifs is 2. The number of rotatable bonds is 8. The van der Waals surface area contributed by atoms with Crippen LogP contribution < -0.4 is 32.7 Å². The largest absolute Gasteiger partial charge is 0.390 e. The highest BCUT2D eigenvalue weighted by molar-refractivity contribution is 5.80. The molecule has 2 aromatic carbocycles. The highest BCUT2D eigenvalue weighted by Crippen LogP contribution is 2.37. The Hall–Kier alpha value is -4.33. The van der Waals surface area contributed by atoms with Gasteiger partial charge in [-0.1, -0.05) is 55.7 Å². The van der Waals surface area contributed by atoms with Crippen LogP contribution in [0.3, 0.4) is 0 Å². The van der Waals surface area contributed by atoms with E-state index >= 15 is 0 Å². The van der Waals surface area contributed by atoms with Crippen LogP contribution in [0, 0.1) is 5.92 Å². The molecule has 46 heavy (non-hydrogen) atoms. The molecule has 1 saturated heterocycles. The van der Waals surface area contributed by atoms with Crippen LogP contribution in [-0.4, -0.2) is 69.3 Å². The van der Waals surface area contributed by atoms with Gasteiger partial charge in [0.05, 0.1) is 35.5 Å². The summed E-state index contributed by atoms with van der Waals surface area (Å²) in [6.07, 6.45) is 8.84. The lowest BCUT2D eigenvalue weighted by Crippen LogP contribution is -2.41. The van der Waals surface area contributed by atoms with Crippen molar-refractivity contribution < 1.29 is 9.90 Å². The van der Waals surface area contributed by atoms with Crippen LogP contribution in [0.5, 0.6) is 0 Å². The first-order chi connectivity index (χ1) is 22.5. The molecule has 2 fully saturated rings. The highest BCUT2D eigenvalue weighted by atomic mass is 16.3. The topological polar surface area (TPSA) is 199 Å². The van der Waals surface area contributed by atoms with Gasteiger partial charge in [0.25, 0.3) is 0 Å². The standard InChI is InChI=1S/C28H33N9O2.C3H6.2CH5N/c1-2-11-37-22-14-19(9-10-21(22)34-35-37)31-28-30-15-23(36-12-5-7-18(16-36)26(29)39)27(33-28)32-25-20-8-4-3-6-17(20)13-24(25)38;1-2-3-1;2*1-2/h3-4,6,8-10,14-15,18,24-25,38H,2,5,7,11-13,16H2,1H3,(H2,29,39)(H2,30,31,32,33);1-3H2;2*2H2,1H3. The van der Waals surface area contributed by atoms with E-state index in [4.69, 9.17) is 10.7 Å². The number of carbonyl (C=O) groups excluding carboxylic acids is 1. The summed E-state index contributed by atoms with van der Waals surface area (Å²) in [5.74, 6) is 0.493. The molecule has 9 N–H and O–H groups in total. The molecule has 2 aliphatic carbocycles. The number of aliphatic hydroxyl groups excluding tert-OH is 1. The van der Waals surface area contributed by atoms with Gasteiger partial charge in [-0.2, -0.15) is 4.98 Å². The van der Waals surface area contributed by atoms with Crippen LogP contribution in [0.2, 0.25) is 0 Å².